The lowest BCUT2D eigenvalue weighted by Crippen LogP contribution is -2.08. The summed E-state index contributed by atoms with van der Waals surface area (Å²) in [5.74, 6) is 1.32. The molecule has 6 nitrogen and oxygen atoms in total. The minimum Gasteiger partial charge on any atom is -0.496 e. The number of anilines is 1. The van der Waals surface area contributed by atoms with Crippen molar-refractivity contribution in [3.63, 3.8) is 0 Å². The van der Waals surface area contributed by atoms with Crippen LogP contribution >= 0.6 is 0 Å². The third kappa shape index (κ3) is 5.48. The lowest BCUT2D eigenvalue weighted by Gasteiger charge is -2.11. The molecule has 29 heavy (non-hydrogen) atoms. The van der Waals surface area contributed by atoms with Gasteiger partial charge in [-0.3, -0.25) is 9.48 Å². The lowest BCUT2D eigenvalue weighted by atomic mass is 10.1. The summed E-state index contributed by atoms with van der Waals surface area (Å²) in [6, 6.07) is 13.6. The van der Waals surface area contributed by atoms with Crippen LogP contribution in [-0.4, -0.2) is 22.8 Å². The number of benzene rings is 2. The van der Waals surface area contributed by atoms with Crippen molar-refractivity contribution < 1.29 is 14.3 Å². The average molecular weight is 391 g/mol. The van der Waals surface area contributed by atoms with Crippen LogP contribution in [-0.2, 0) is 18.4 Å². The molecule has 150 valence electrons. The number of hydrogen-bond donors (Lipinski definition) is 1. The van der Waals surface area contributed by atoms with Crippen LogP contribution in [0.3, 0.4) is 0 Å². The molecule has 1 aromatic heterocycles. The Morgan fingerprint density at radius 2 is 1.93 bits per heavy atom. The first-order valence-corrected chi connectivity index (χ1v) is 9.30. The number of carbonyl (C=O) groups excluding carboxylic acids is 1. The van der Waals surface area contributed by atoms with Crippen LogP contribution in [0.15, 0.2) is 54.7 Å². The smallest absolute Gasteiger partial charge is 0.248 e. The molecule has 0 unspecified atom stereocenters. The number of nitrogens with one attached hydrogen (secondary N) is 1. The first-order chi connectivity index (χ1) is 13.9. The summed E-state index contributed by atoms with van der Waals surface area (Å²) >= 11 is 0. The molecule has 0 spiro atoms. The highest BCUT2D eigenvalue weighted by molar-refractivity contribution is 6.02. The zero-order chi connectivity index (χ0) is 20.8. The fourth-order valence-corrected chi connectivity index (χ4v) is 2.88. The predicted molar refractivity (Wildman–Crippen MR) is 114 cm³/mol. The van der Waals surface area contributed by atoms with Gasteiger partial charge in [0.25, 0.3) is 0 Å². The summed E-state index contributed by atoms with van der Waals surface area (Å²) in [7, 11) is 3.44. The van der Waals surface area contributed by atoms with Gasteiger partial charge < -0.3 is 14.8 Å². The molecule has 3 aromatic rings. The van der Waals surface area contributed by atoms with Crippen molar-refractivity contribution in [3.8, 4) is 11.5 Å². The van der Waals surface area contributed by atoms with Crippen molar-refractivity contribution in [2.75, 3.05) is 12.4 Å². The number of carbonyl (C=O) groups is 1. The van der Waals surface area contributed by atoms with Gasteiger partial charge in [0.1, 0.15) is 18.1 Å². The van der Waals surface area contributed by atoms with Crippen molar-refractivity contribution in [3.05, 3.63) is 77.1 Å². The normalized spacial score (nSPS) is 10.9. The molecule has 3 rings (SSSR count). The van der Waals surface area contributed by atoms with Crippen LogP contribution < -0.4 is 14.8 Å². The fraction of sp³-hybridized carbons (Fsp3) is 0.217. The third-order valence-electron chi connectivity index (χ3n) is 4.42. The van der Waals surface area contributed by atoms with Gasteiger partial charge in [-0.05, 0) is 49.8 Å². The first-order valence-electron chi connectivity index (χ1n) is 9.30. The topological polar surface area (TPSA) is 65.4 Å². The molecule has 1 N–H and O–H groups in total. The first kappa shape index (κ1) is 20.2. The number of aryl methyl sites for hydroxylation is 3. The van der Waals surface area contributed by atoms with Gasteiger partial charge in [-0.25, -0.2) is 0 Å². The summed E-state index contributed by atoms with van der Waals surface area (Å²) in [5.41, 5.74) is 4.44. The van der Waals surface area contributed by atoms with Gasteiger partial charge in [-0.2, -0.15) is 5.10 Å². The van der Waals surface area contributed by atoms with Crippen LogP contribution in [0.25, 0.3) is 6.08 Å². The van der Waals surface area contributed by atoms with Gasteiger partial charge in [-0.1, -0.05) is 23.8 Å². The quantitative estimate of drug-likeness (QED) is 0.611. The molecule has 6 heteroatoms. The Balaban J connectivity index is 1.68. The Labute approximate surface area is 170 Å². The van der Waals surface area contributed by atoms with E-state index in [1.165, 1.54) is 11.6 Å². The maximum atomic E-state index is 12.2. The van der Waals surface area contributed by atoms with Crippen LogP contribution in [0.1, 0.15) is 22.4 Å². The van der Waals surface area contributed by atoms with E-state index in [0.29, 0.717) is 12.3 Å². The van der Waals surface area contributed by atoms with Gasteiger partial charge in [0.15, 0.2) is 0 Å². The van der Waals surface area contributed by atoms with Crippen LogP contribution in [0.2, 0.25) is 0 Å². The minimum absolute atomic E-state index is 0.214. The highest BCUT2D eigenvalue weighted by atomic mass is 16.5. The Hall–Kier alpha value is -3.54. The second-order valence-electron chi connectivity index (χ2n) is 6.80. The number of methoxy groups -OCH3 is 1. The molecule has 2 aromatic carbocycles. The molecule has 0 atom stereocenters. The van der Waals surface area contributed by atoms with E-state index in [1.54, 1.807) is 24.1 Å². The van der Waals surface area contributed by atoms with Crippen molar-refractivity contribution in [2.24, 2.45) is 7.05 Å². The lowest BCUT2D eigenvalue weighted by molar-refractivity contribution is -0.111. The third-order valence-corrected chi connectivity index (χ3v) is 4.42. The molecule has 0 saturated carbocycles. The van der Waals surface area contributed by atoms with E-state index in [-0.39, 0.29) is 5.91 Å². The number of nitrogens with zero attached hydrogens (tertiary/aromatic N) is 2. The number of ether oxygens (including phenoxy) is 2. The number of rotatable bonds is 7. The minimum atomic E-state index is -0.214. The predicted octanol–water partition coefficient (Wildman–Crippen LogP) is 4.28. The van der Waals surface area contributed by atoms with Crippen LogP contribution in [0.4, 0.5) is 5.69 Å². The van der Waals surface area contributed by atoms with E-state index in [2.05, 4.69) is 10.4 Å². The molecule has 1 heterocycles. The van der Waals surface area contributed by atoms with Gasteiger partial charge in [-0.15, -0.1) is 0 Å². The van der Waals surface area contributed by atoms with E-state index in [4.69, 9.17) is 9.47 Å². The van der Waals surface area contributed by atoms with Gasteiger partial charge in [0.05, 0.1) is 18.5 Å². The largest absolute Gasteiger partial charge is 0.496 e. The molecule has 0 fully saturated rings. The molecule has 1 amide bonds. The maximum absolute atomic E-state index is 12.2. The maximum Gasteiger partial charge on any atom is 0.248 e. The van der Waals surface area contributed by atoms with E-state index in [9.17, 15) is 4.79 Å². The average Bonchev–Trinajstić information content (AvgIpc) is 3.02. The molecular weight excluding hydrogens is 366 g/mol. The second kappa shape index (κ2) is 9.10. The number of aromatic nitrogens is 2. The molecule has 0 saturated heterocycles. The Morgan fingerprint density at radius 1 is 1.17 bits per heavy atom. The van der Waals surface area contributed by atoms with Crippen LogP contribution in [0.5, 0.6) is 11.5 Å². The standard InChI is InChI=1S/C23H25N3O3/c1-16-5-9-20(10-6-16)29-15-19-13-18(7-11-22(19)28-4)8-12-23(27)24-21-14-26(3)25-17(21)2/h5-14H,15H2,1-4H3,(H,24,27)/b12-8+. The Bertz CT molecular complexity index is 1020. The molecule has 0 aliphatic carbocycles. The van der Waals surface area contributed by atoms with E-state index >= 15 is 0 Å². The Morgan fingerprint density at radius 3 is 2.59 bits per heavy atom. The molecule has 0 bridgehead atoms. The molecular formula is C23H25N3O3. The molecule has 0 aliphatic rings. The van der Waals surface area contributed by atoms with Crippen molar-refractivity contribution in [1.29, 1.82) is 0 Å². The Kier molecular flexibility index (Phi) is 6.34. The van der Waals surface area contributed by atoms with Crippen molar-refractivity contribution >= 4 is 17.7 Å². The van der Waals surface area contributed by atoms with Crippen LogP contribution in [0, 0.1) is 13.8 Å². The summed E-state index contributed by atoms with van der Waals surface area (Å²) in [6.07, 6.45) is 5.03. The summed E-state index contributed by atoms with van der Waals surface area (Å²) < 4.78 is 13.0. The number of amides is 1. The van der Waals surface area contributed by atoms with Crippen molar-refractivity contribution in [1.82, 2.24) is 9.78 Å². The SMILES string of the molecule is COc1ccc(/C=C/C(=O)Nc2cn(C)nc2C)cc1COc1ccc(C)cc1. The fourth-order valence-electron chi connectivity index (χ4n) is 2.88. The van der Waals surface area contributed by atoms with Gasteiger partial charge >= 0.3 is 0 Å². The zero-order valence-electron chi connectivity index (χ0n) is 17.1. The van der Waals surface area contributed by atoms with Crippen molar-refractivity contribution in [2.45, 2.75) is 20.5 Å². The zero-order valence-corrected chi connectivity index (χ0v) is 17.1. The molecule has 0 aliphatic heterocycles. The summed E-state index contributed by atoms with van der Waals surface area (Å²) in [6.45, 7) is 4.26. The van der Waals surface area contributed by atoms with E-state index in [0.717, 1.165) is 28.3 Å². The van der Waals surface area contributed by atoms with E-state index < -0.39 is 0 Å². The summed E-state index contributed by atoms with van der Waals surface area (Å²) in [4.78, 5) is 12.2. The van der Waals surface area contributed by atoms with Gasteiger partial charge in [0, 0.05) is 24.9 Å². The monoisotopic (exact) mass is 391 g/mol. The summed E-state index contributed by atoms with van der Waals surface area (Å²) in [5, 5.41) is 7.04. The van der Waals surface area contributed by atoms with E-state index in [1.807, 2.05) is 63.4 Å². The molecule has 0 radical (unpaired) electrons. The highest BCUT2D eigenvalue weighted by Crippen LogP contribution is 2.23. The number of hydrogen-bond acceptors (Lipinski definition) is 4. The highest BCUT2D eigenvalue weighted by Gasteiger charge is 2.07. The second-order valence-corrected chi connectivity index (χ2v) is 6.80. The van der Waals surface area contributed by atoms with Gasteiger partial charge in [0.2, 0.25) is 5.91 Å².